The maximum atomic E-state index is 12.9. The molecule has 2 aromatic heterocycles. The lowest BCUT2D eigenvalue weighted by molar-refractivity contribution is 0.0732. The first-order valence-electron chi connectivity index (χ1n) is 11.6. The lowest BCUT2D eigenvalue weighted by atomic mass is 9.92. The predicted molar refractivity (Wildman–Crippen MR) is 130 cm³/mol. The van der Waals surface area contributed by atoms with Gasteiger partial charge in [-0.1, -0.05) is 49.2 Å². The van der Waals surface area contributed by atoms with Crippen LogP contribution in [0.1, 0.15) is 37.3 Å². The van der Waals surface area contributed by atoms with Gasteiger partial charge < -0.3 is 9.84 Å². The number of benzene rings is 2. The van der Waals surface area contributed by atoms with Gasteiger partial charge in [-0.05, 0) is 36.1 Å². The number of nitrogens with zero attached hydrogens (tertiary/aromatic N) is 4. The third-order valence-corrected chi connectivity index (χ3v) is 6.44. The van der Waals surface area contributed by atoms with E-state index in [1.54, 1.807) is 15.6 Å². The highest BCUT2D eigenvalue weighted by Gasteiger charge is 2.25. The number of ether oxygens (including phenoxy) is 1. The number of aliphatic hydroxyl groups excluding tert-OH is 1. The predicted octanol–water partition coefficient (Wildman–Crippen LogP) is 4.37. The molecule has 0 radical (unpaired) electrons. The lowest BCUT2D eigenvalue weighted by Crippen LogP contribution is -2.34. The molecule has 1 fully saturated rings. The molecule has 1 N–H and O–H groups in total. The van der Waals surface area contributed by atoms with Crippen molar-refractivity contribution < 1.29 is 9.84 Å². The minimum absolute atomic E-state index is 0.156. The van der Waals surface area contributed by atoms with E-state index in [2.05, 4.69) is 22.2 Å². The standard InChI is InChI=1S/C27H28N4O3/c1-30-16-21(15-29-30)20-12-10-19(11-13-20)17-34-26-9-5-2-6-22(26)23-14-27(33)31(18-28-23)24-7-3-4-8-25(24)32/h2,5-6,9-16,18,24-25,32H,3-4,7-8,17H2,1H3. The molecule has 0 spiro atoms. The van der Waals surface area contributed by atoms with Crippen LogP contribution in [0, 0.1) is 0 Å². The molecule has 34 heavy (non-hydrogen) atoms. The van der Waals surface area contributed by atoms with Gasteiger partial charge in [0.15, 0.2) is 0 Å². The van der Waals surface area contributed by atoms with Crippen LogP contribution in [0.4, 0.5) is 0 Å². The quantitative estimate of drug-likeness (QED) is 0.466. The van der Waals surface area contributed by atoms with E-state index in [0.29, 0.717) is 18.1 Å². The van der Waals surface area contributed by atoms with Crippen molar-refractivity contribution in [2.75, 3.05) is 0 Å². The van der Waals surface area contributed by atoms with E-state index in [1.807, 2.05) is 55.8 Å². The minimum atomic E-state index is -0.501. The van der Waals surface area contributed by atoms with Crippen molar-refractivity contribution in [2.45, 2.75) is 44.4 Å². The van der Waals surface area contributed by atoms with E-state index < -0.39 is 6.10 Å². The smallest absolute Gasteiger partial charge is 0.254 e. The first kappa shape index (κ1) is 22.1. The van der Waals surface area contributed by atoms with Gasteiger partial charge in [-0.3, -0.25) is 14.0 Å². The number of aryl methyl sites for hydroxylation is 1. The molecule has 0 saturated heterocycles. The first-order valence-corrected chi connectivity index (χ1v) is 11.6. The molecule has 4 aromatic rings. The fourth-order valence-electron chi connectivity index (χ4n) is 4.55. The van der Waals surface area contributed by atoms with Crippen LogP contribution < -0.4 is 10.3 Å². The van der Waals surface area contributed by atoms with Crippen molar-refractivity contribution in [3.05, 3.63) is 89.2 Å². The Morgan fingerprint density at radius 3 is 2.59 bits per heavy atom. The normalized spacial score (nSPS) is 18.1. The van der Waals surface area contributed by atoms with Crippen LogP contribution in [0.5, 0.6) is 5.75 Å². The summed E-state index contributed by atoms with van der Waals surface area (Å²) in [6.07, 6.45) is 8.41. The van der Waals surface area contributed by atoms with Crippen LogP contribution in [0.2, 0.25) is 0 Å². The summed E-state index contributed by atoms with van der Waals surface area (Å²) >= 11 is 0. The van der Waals surface area contributed by atoms with E-state index in [4.69, 9.17) is 4.74 Å². The SMILES string of the molecule is Cn1cc(-c2ccc(COc3ccccc3-c3cc(=O)n(C4CCCCC4O)cn3)cc2)cn1. The molecule has 0 aliphatic heterocycles. The van der Waals surface area contributed by atoms with Crippen molar-refractivity contribution in [2.24, 2.45) is 7.05 Å². The average molecular weight is 457 g/mol. The summed E-state index contributed by atoms with van der Waals surface area (Å²) in [5.41, 5.74) is 4.39. The van der Waals surface area contributed by atoms with Gasteiger partial charge in [-0.2, -0.15) is 5.10 Å². The highest BCUT2D eigenvalue weighted by Crippen LogP contribution is 2.30. The molecule has 0 bridgehead atoms. The van der Waals surface area contributed by atoms with Gasteiger partial charge >= 0.3 is 0 Å². The van der Waals surface area contributed by atoms with Crippen molar-refractivity contribution in [1.29, 1.82) is 0 Å². The van der Waals surface area contributed by atoms with Crippen molar-refractivity contribution >= 4 is 0 Å². The largest absolute Gasteiger partial charge is 0.488 e. The second-order valence-electron chi connectivity index (χ2n) is 8.82. The summed E-state index contributed by atoms with van der Waals surface area (Å²) in [4.78, 5) is 17.4. The van der Waals surface area contributed by atoms with Crippen molar-refractivity contribution in [1.82, 2.24) is 19.3 Å². The summed E-state index contributed by atoms with van der Waals surface area (Å²) in [5.74, 6) is 0.668. The second-order valence-corrected chi connectivity index (χ2v) is 8.82. The van der Waals surface area contributed by atoms with Gasteiger partial charge in [0, 0.05) is 30.4 Å². The minimum Gasteiger partial charge on any atom is -0.488 e. The summed E-state index contributed by atoms with van der Waals surface area (Å²) in [6.45, 7) is 0.398. The molecule has 7 heteroatoms. The third kappa shape index (κ3) is 4.65. The molecule has 1 aliphatic carbocycles. The Kier molecular flexibility index (Phi) is 6.27. The van der Waals surface area contributed by atoms with E-state index in [-0.39, 0.29) is 11.6 Å². The van der Waals surface area contributed by atoms with E-state index in [9.17, 15) is 9.90 Å². The van der Waals surface area contributed by atoms with Crippen LogP contribution in [-0.2, 0) is 13.7 Å². The summed E-state index contributed by atoms with van der Waals surface area (Å²) in [7, 11) is 1.90. The summed E-state index contributed by atoms with van der Waals surface area (Å²) < 4.78 is 9.48. The molecule has 174 valence electrons. The number of hydrogen-bond donors (Lipinski definition) is 1. The zero-order valence-corrected chi connectivity index (χ0v) is 19.2. The van der Waals surface area contributed by atoms with Gasteiger partial charge in [0.2, 0.25) is 0 Å². The summed E-state index contributed by atoms with van der Waals surface area (Å²) in [6, 6.07) is 17.1. The number of rotatable bonds is 6. The van der Waals surface area contributed by atoms with Crippen molar-refractivity contribution in [3.8, 4) is 28.1 Å². The highest BCUT2D eigenvalue weighted by atomic mass is 16.5. The van der Waals surface area contributed by atoms with Gasteiger partial charge in [0.1, 0.15) is 12.4 Å². The van der Waals surface area contributed by atoms with E-state index in [1.165, 1.54) is 6.07 Å². The maximum Gasteiger partial charge on any atom is 0.254 e. The fraction of sp³-hybridized carbons (Fsp3) is 0.296. The van der Waals surface area contributed by atoms with E-state index >= 15 is 0 Å². The molecule has 2 aromatic carbocycles. The molecule has 2 atom stereocenters. The highest BCUT2D eigenvalue weighted by molar-refractivity contribution is 5.66. The zero-order valence-electron chi connectivity index (χ0n) is 19.2. The van der Waals surface area contributed by atoms with Gasteiger partial charge in [-0.25, -0.2) is 4.98 Å². The van der Waals surface area contributed by atoms with Gasteiger partial charge in [0.05, 0.1) is 30.4 Å². The topological polar surface area (TPSA) is 82.2 Å². The Bertz CT molecular complexity index is 1330. The summed E-state index contributed by atoms with van der Waals surface area (Å²) in [5, 5.41) is 14.5. The average Bonchev–Trinajstić information content (AvgIpc) is 3.30. The van der Waals surface area contributed by atoms with Crippen LogP contribution >= 0.6 is 0 Å². The third-order valence-electron chi connectivity index (χ3n) is 6.44. The Labute approximate surface area is 198 Å². The number of hydrogen-bond acceptors (Lipinski definition) is 5. The molecular formula is C27H28N4O3. The number of aromatic nitrogens is 4. The second kappa shape index (κ2) is 9.65. The van der Waals surface area contributed by atoms with Crippen molar-refractivity contribution in [3.63, 3.8) is 0 Å². The maximum absolute atomic E-state index is 12.9. The van der Waals surface area contributed by atoms with Crippen LogP contribution in [0.25, 0.3) is 22.4 Å². The molecular weight excluding hydrogens is 428 g/mol. The monoisotopic (exact) mass is 456 g/mol. The van der Waals surface area contributed by atoms with Crippen LogP contribution in [0.3, 0.4) is 0 Å². The Hall–Kier alpha value is -3.71. The Morgan fingerprint density at radius 1 is 1.06 bits per heavy atom. The number of para-hydroxylation sites is 1. The van der Waals surface area contributed by atoms with Gasteiger partial charge in [-0.15, -0.1) is 0 Å². The van der Waals surface area contributed by atoms with E-state index in [0.717, 1.165) is 47.9 Å². The Morgan fingerprint density at radius 2 is 1.85 bits per heavy atom. The van der Waals surface area contributed by atoms with Crippen LogP contribution in [-0.4, -0.2) is 30.5 Å². The molecule has 2 heterocycles. The first-order chi connectivity index (χ1) is 16.6. The molecule has 5 rings (SSSR count). The Balaban J connectivity index is 1.33. The zero-order chi connectivity index (χ0) is 23.5. The lowest BCUT2D eigenvalue weighted by Gasteiger charge is -2.28. The molecule has 7 nitrogen and oxygen atoms in total. The fourth-order valence-corrected chi connectivity index (χ4v) is 4.55. The van der Waals surface area contributed by atoms with Gasteiger partial charge in [0.25, 0.3) is 5.56 Å². The van der Waals surface area contributed by atoms with Crippen LogP contribution in [0.15, 0.2) is 78.1 Å². The molecule has 0 amide bonds. The number of aliphatic hydroxyl groups is 1. The molecule has 1 saturated carbocycles. The molecule has 1 aliphatic rings. The molecule has 2 unspecified atom stereocenters.